The number of fused-ring (bicyclic) bond motifs is 1. The van der Waals surface area contributed by atoms with Gasteiger partial charge in [-0.3, -0.25) is 4.79 Å². The van der Waals surface area contributed by atoms with Crippen LogP contribution in [0.25, 0.3) is 10.9 Å². The molecule has 0 radical (unpaired) electrons. The van der Waals surface area contributed by atoms with Crippen LogP contribution in [0.15, 0.2) is 45.7 Å². The smallest absolute Gasteiger partial charge is 0.259 e. The number of imidazole rings is 1. The number of nitrogens with zero attached hydrogens (tertiary/aromatic N) is 2. The molecule has 7 heteroatoms. The zero-order chi connectivity index (χ0) is 12.5. The second-order valence-corrected chi connectivity index (χ2v) is 4.62. The molecule has 0 spiro atoms. The summed E-state index contributed by atoms with van der Waals surface area (Å²) in [5.41, 5.74) is 6.59. The Hall–Kier alpha value is -2.28. The first-order valence-electron chi connectivity index (χ1n) is 5.19. The molecule has 3 rings (SSSR count). The first kappa shape index (κ1) is 10.8. The topological polar surface area (TPSA) is 100 Å². The molecule has 0 fully saturated rings. The SMILES string of the molecule is Nc1ccc2nc(Sc3ncc[nH]3)[nH]c(=O)c2c1. The Balaban J connectivity index is 2.10. The van der Waals surface area contributed by atoms with E-state index in [4.69, 9.17) is 5.73 Å². The molecule has 0 atom stereocenters. The van der Waals surface area contributed by atoms with Crippen molar-refractivity contribution < 1.29 is 0 Å². The Kier molecular flexibility index (Phi) is 2.52. The highest BCUT2D eigenvalue weighted by molar-refractivity contribution is 7.99. The van der Waals surface area contributed by atoms with Crippen LogP contribution in [0.5, 0.6) is 0 Å². The third kappa shape index (κ3) is 1.95. The van der Waals surface area contributed by atoms with Gasteiger partial charge < -0.3 is 15.7 Å². The first-order valence-corrected chi connectivity index (χ1v) is 6.01. The van der Waals surface area contributed by atoms with E-state index in [9.17, 15) is 4.79 Å². The molecule has 0 bridgehead atoms. The van der Waals surface area contributed by atoms with Gasteiger partial charge in [0.2, 0.25) is 0 Å². The van der Waals surface area contributed by atoms with Crippen LogP contribution in [-0.4, -0.2) is 19.9 Å². The van der Waals surface area contributed by atoms with Crippen LogP contribution in [0.2, 0.25) is 0 Å². The van der Waals surface area contributed by atoms with Gasteiger partial charge in [0.1, 0.15) is 0 Å². The van der Waals surface area contributed by atoms with E-state index in [1.807, 2.05) is 0 Å². The molecule has 2 heterocycles. The van der Waals surface area contributed by atoms with Crippen molar-refractivity contribution in [2.75, 3.05) is 5.73 Å². The number of hydrogen-bond acceptors (Lipinski definition) is 5. The largest absolute Gasteiger partial charge is 0.399 e. The Morgan fingerprint density at radius 3 is 2.94 bits per heavy atom. The molecule has 2 aromatic heterocycles. The first-order chi connectivity index (χ1) is 8.72. The molecule has 0 aliphatic rings. The zero-order valence-electron chi connectivity index (χ0n) is 9.18. The van der Waals surface area contributed by atoms with Gasteiger partial charge in [-0.15, -0.1) is 0 Å². The number of H-pyrrole nitrogens is 2. The van der Waals surface area contributed by atoms with Gasteiger partial charge in [0.25, 0.3) is 5.56 Å². The third-order valence-corrected chi connectivity index (χ3v) is 3.18. The fraction of sp³-hybridized carbons (Fsp3) is 0. The summed E-state index contributed by atoms with van der Waals surface area (Å²) in [7, 11) is 0. The van der Waals surface area contributed by atoms with Crippen molar-refractivity contribution >= 4 is 28.4 Å². The van der Waals surface area contributed by atoms with Crippen molar-refractivity contribution in [3.63, 3.8) is 0 Å². The molecule has 0 saturated heterocycles. The molecule has 3 aromatic rings. The van der Waals surface area contributed by atoms with Crippen LogP contribution in [0.1, 0.15) is 0 Å². The number of benzene rings is 1. The normalized spacial score (nSPS) is 10.9. The van der Waals surface area contributed by atoms with Crippen LogP contribution in [0, 0.1) is 0 Å². The number of nitrogen functional groups attached to an aromatic ring is 1. The fourth-order valence-corrected chi connectivity index (χ4v) is 2.29. The summed E-state index contributed by atoms with van der Waals surface area (Å²) in [6.45, 7) is 0. The summed E-state index contributed by atoms with van der Waals surface area (Å²) in [5, 5.41) is 1.65. The molecular formula is C11H9N5OS. The monoisotopic (exact) mass is 259 g/mol. The number of aromatic nitrogens is 4. The maximum Gasteiger partial charge on any atom is 0.259 e. The fourth-order valence-electron chi connectivity index (χ4n) is 1.58. The minimum atomic E-state index is -0.207. The van der Waals surface area contributed by atoms with E-state index in [0.29, 0.717) is 26.9 Å². The molecule has 4 N–H and O–H groups in total. The molecule has 6 nitrogen and oxygen atoms in total. The maximum absolute atomic E-state index is 11.9. The predicted molar refractivity (Wildman–Crippen MR) is 69.5 cm³/mol. The van der Waals surface area contributed by atoms with Gasteiger partial charge in [0, 0.05) is 18.1 Å². The number of hydrogen-bond donors (Lipinski definition) is 3. The summed E-state index contributed by atoms with van der Waals surface area (Å²) in [4.78, 5) is 25.9. The van der Waals surface area contributed by atoms with Crippen LogP contribution in [0.4, 0.5) is 5.69 Å². The van der Waals surface area contributed by atoms with Crippen molar-refractivity contribution in [3.8, 4) is 0 Å². The second kappa shape index (κ2) is 4.19. The van der Waals surface area contributed by atoms with E-state index in [1.54, 1.807) is 30.6 Å². The van der Waals surface area contributed by atoms with Gasteiger partial charge in [0.15, 0.2) is 10.3 Å². The van der Waals surface area contributed by atoms with Crippen molar-refractivity contribution in [1.82, 2.24) is 19.9 Å². The maximum atomic E-state index is 11.9. The van der Waals surface area contributed by atoms with Crippen molar-refractivity contribution in [1.29, 1.82) is 0 Å². The highest BCUT2D eigenvalue weighted by Crippen LogP contribution is 2.21. The Labute approximate surface area is 106 Å². The van der Waals surface area contributed by atoms with Gasteiger partial charge in [-0.2, -0.15) is 0 Å². The van der Waals surface area contributed by atoms with Crippen LogP contribution in [-0.2, 0) is 0 Å². The summed E-state index contributed by atoms with van der Waals surface area (Å²) in [6, 6.07) is 5.06. The molecule has 0 amide bonds. The van der Waals surface area contributed by atoms with Gasteiger partial charge in [-0.1, -0.05) is 0 Å². The van der Waals surface area contributed by atoms with Gasteiger partial charge in [-0.25, -0.2) is 9.97 Å². The number of nitrogens with one attached hydrogen (secondary N) is 2. The average molecular weight is 259 g/mol. The lowest BCUT2D eigenvalue weighted by Crippen LogP contribution is -2.09. The van der Waals surface area contributed by atoms with E-state index in [-0.39, 0.29) is 5.56 Å². The molecule has 0 saturated carbocycles. The van der Waals surface area contributed by atoms with Crippen LogP contribution < -0.4 is 11.3 Å². The molecule has 90 valence electrons. The average Bonchev–Trinajstić information content (AvgIpc) is 2.83. The highest BCUT2D eigenvalue weighted by Gasteiger charge is 2.06. The van der Waals surface area contributed by atoms with Crippen LogP contribution in [0.3, 0.4) is 0 Å². The molecule has 0 unspecified atom stereocenters. The van der Waals surface area contributed by atoms with Gasteiger partial charge in [-0.05, 0) is 30.0 Å². The van der Waals surface area contributed by atoms with E-state index in [2.05, 4.69) is 19.9 Å². The number of anilines is 1. The van der Waals surface area contributed by atoms with E-state index in [0.717, 1.165) is 0 Å². The third-order valence-electron chi connectivity index (χ3n) is 2.37. The van der Waals surface area contributed by atoms with Crippen molar-refractivity contribution in [3.05, 3.63) is 40.9 Å². The highest BCUT2D eigenvalue weighted by atomic mass is 32.2. The number of aromatic amines is 2. The van der Waals surface area contributed by atoms with Gasteiger partial charge >= 0.3 is 0 Å². The molecule has 1 aromatic carbocycles. The Morgan fingerprint density at radius 1 is 1.28 bits per heavy atom. The van der Waals surface area contributed by atoms with E-state index in [1.165, 1.54) is 11.8 Å². The van der Waals surface area contributed by atoms with Crippen molar-refractivity contribution in [2.24, 2.45) is 0 Å². The predicted octanol–water partition coefficient (Wildman–Crippen LogP) is 1.38. The summed E-state index contributed by atoms with van der Waals surface area (Å²) >= 11 is 1.26. The number of nitrogens with two attached hydrogens (primary N) is 1. The quantitative estimate of drug-likeness (QED) is 0.477. The number of rotatable bonds is 2. The summed E-state index contributed by atoms with van der Waals surface area (Å²) < 4.78 is 0. The minimum absolute atomic E-state index is 0.207. The lowest BCUT2D eigenvalue weighted by Gasteiger charge is -2.01. The lowest BCUT2D eigenvalue weighted by atomic mass is 10.2. The molecule has 0 aliphatic carbocycles. The minimum Gasteiger partial charge on any atom is -0.399 e. The lowest BCUT2D eigenvalue weighted by molar-refractivity contribution is 0.957. The van der Waals surface area contributed by atoms with Gasteiger partial charge in [0.05, 0.1) is 10.9 Å². The zero-order valence-corrected chi connectivity index (χ0v) is 9.99. The van der Waals surface area contributed by atoms with Crippen LogP contribution >= 0.6 is 11.8 Å². The molecule has 0 aliphatic heterocycles. The summed E-state index contributed by atoms with van der Waals surface area (Å²) in [6.07, 6.45) is 3.35. The molecule has 18 heavy (non-hydrogen) atoms. The Bertz CT molecular complexity index is 750. The molecular weight excluding hydrogens is 250 g/mol. The van der Waals surface area contributed by atoms with E-state index < -0.39 is 0 Å². The second-order valence-electron chi connectivity index (χ2n) is 3.64. The van der Waals surface area contributed by atoms with E-state index >= 15 is 0 Å². The summed E-state index contributed by atoms with van der Waals surface area (Å²) in [5.74, 6) is 0. The van der Waals surface area contributed by atoms with Crippen molar-refractivity contribution in [2.45, 2.75) is 10.3 Å². The Morgan fingerprint density at radius 2 is 2.17 bits per heavy atom. The standard InChI is InChI=1S/C11H9N5OS/c12-6-1-2-8-7(5-6)9(17)16-11(15-8)18-10-13-3-4-14-10/h1-5H,12H2,(H,13,14)(H,15,16,17).